The molecule has 2 aromatic carbocycles. The van der Waals surface area contributed by atoms with E-state index in [0.717, 1.165) is 18.8 Å². The molecule has 0 saturated heterocycles. The fraction of sp³-hybridized carbons (Fsp3) is 0.304. The van der Waals surface area contributed by atoms with E-state index in [1.807, 2.05) is 24.4 Å². The second-order valence-electron chi connectivity index (χ2n) is 6.90. The molecule has 0 aliphatic carbocycles. The van der Waals surface area contributed by atoms with E-state index in [0.29, 0.717) is 23.8 Å². The van der Waals surface area contributed by atoms with Gasteiger partial charge in [0.25, 0.3) is 0 Å². The Morgan fingerprint density at radius 2 is 1.88 bits per heavy atom. The van der Waals surface area contributed by atoms with Gasteiger partial charge in [0.05, 0.1) is 13.7 Å². The summed E-state index contributed by atoms with van der Waals surface area (Å²) in [7, 11) is 3.15. The van der Waals surface area contributed by atoms with Gasteiger partial charge < -0.3 is 24.7 Å². The zero-order valence-electron chi connectivity index (χ0n) is 18.5. The lowest BCUT2D eigenvalue weighted by Crippen LogP contribution is -2.37. The number of rotatable bonds is 10. The number of imidazole rings is 1. The smallest absolute Gasteiger partial charge is 0.387 e. The van der Waals surface area contributed by atoms with Crippen molar-refractivity contribution in [3.8, 4) is 11.5 Å². The van der Waals surface area contributed by atoms with Crippen molar-refractivity contribution < 1.29 is 18.3 Å². The van der Waals surface area contributed by atoms with Gasteiger partial charge in [0.2, 0.25) is 0 Å². The van der Waals surface area contributed by atoms with Gasteiger partial charge in [-0.3, -0.25) is 4.99 Å². The zero-order chi connectivity index (χ0) is 22.8. The van der Waals surface area contributed by atoms with Gasteiger partial charge in [-0.15, -0.1) is 24.0 Å². The number of aromatic nitrogens is 2. The van der Waals surface area contributed by atoms with Crippen LogP contribution in [0, 0.1) is 0 Å². The first-order valence-corrected chi connectivity index (χ1v) is 10.2. The highest BCUT2D eigenvalue weighted by atomic mass is 127. The number of benzene rings is 2. The summed E-state index contributed by atoms with van der Waals surface area (Å²) in [6.45, 7) is -1.42. The molecule has 0 unspecified atom stereocenters. The Labute approximate surface area is 209 Å². The van der Waals surface area contributed by atoms with Gasteiger partial charge in [-0.2, -0.15) is 8.78 Å². The standard InChI is InChI=1S/C23H27F2N5O2.HI/c1-26-23(28-15-18-14-19(31-2)8-9-20(18)32-22(24)25)29-16-21-27-11-13-30(21)12-10-17-6-4-3-5-7-17;/h3-9,11,13-14,22H,10,12,15-16H2,1-2H3,(H2,26,28,29);1H. The number of aliphatic imine (C=N–C) groups is 1. The fourth-order valence-electron chi connectivity index (χ4n) is 3.20. The second-order valence-corrected chi connectivity index (χ2v) is 6.90. The molecule has 10 heteroatoms. The zero-order valence-corrected chi connectivity index (χ0v) is 20.8. The number of halogens is 3. The van der Waals surface area contributed by atoms with Crippen molar-refractivity contribution in [2.45, 2.75) is 32.7 Å². The monoisotopic (exact) mass is 571 g/mol. The first-order valence-electron chi connectivity index (χ1n) is 10.2. The summed E-state index contributed by atoms with van der Waals surface area (Å²) in [6.07, 6.45) is 4.61. The number of nitrogens with zero attached hydrogens (tertiary/aromatic N) is 3. The third kappa shape index (κ3) is 8.19. The van der Waals surface area contributed by atoms with Crippen LogP contribution in [0.15, 0.2) is 65.9 Å². The highest BCUT2D eigenvalue weighted by Gasteiger charge is 2.12. The average Bonchev–Trinajstić information content (AvgIpc) is 3.26. The van der Waals surface area contributed by atoms with Crippen molar-refractivity contribution in [3.63, 3.8) is 0 Å². The summed E-state index contributed by atoms with van der Waals surface area (Å²) in [5, 5.41) is 6.32. The highest BCUT2D eigenvalue weighted by molar-refractivity contribution is 14.0. The van der Waals surface area contributed by atoms with Crippen molar-refractivity contribution in [3.05, 3.63) is 77.9 Å². The van der Waals surface area contributed by atoms with Crippen LogP contribution in [0.4, 0.5) is 8.78 Å². The van der Waals surface area contributed by atoms with Gasteiger partial charge in [0.15, 0.2) is 5.96 Å². The number of hydrogen-bond donors (Lipinski definition) is 2. The van der Waals surface area contributed by atoms with Gasteiger partial charge in [0, 0.05) is 38.1 Å². The largest absolute Gasteiger partial charge is 0.497 e. The van der Waals surface area contributed by atoms with E-state index in [-0.39, 0.29) is 36.3 Å². The molecule has 0 saturated carbocycles. The summed E-state index contributed by atoms with van der Waals surface area (Å²) < 4.78 is 37.3. The Kier molecular flexibility index (Phi) is 10.9. The minimum Gasteiger partial charge on any atom is -0.497 e. The van der Waals surface area contributed by atoms with Crippen molar-refractivity contribution in [1.82, 2.24) is 20.2 Å². The molecule has 1 heterocycles. The summed E-state index contributed by atoms with van der Waals surface area (Å²) in [5.41, 5.74) is 1.79. The van der Waals surface area contributed by atoms with Crippen LogP contribution in [-0.2, 0) is 26.1 Å². The van der Waals surface area contributed by atoms with Gasteiger partial charge in [0.1, 0.15) is 17.3 Å². The SMILES string of the molecule is CN=C(NCc1cc(OC)ccc1OC(F)F)NCc1nccn1CCc1ccccc1.I. The predicted octanol–water partition coefficient (Wildman–Crippen LogP) is 4.22. The van der Waals surface area contributed by atoms with Crippen LogP contribution in [0.5, 0.6) is 11.5 Å². The van der Waals surface area contributed by atoms with E-state index >= 15 is 0 Å². The van der Waals surface area contributed by atoms with Crippen LogP contribution in [0.3, 0.4) is 0 Å². The van der Waals surface area contributed by atoms with Crippen LogP contribution in [-0.4, -0.2) is 36.3 Å². The van der Waals surface area contributed by atoms with Crippen LogP contribution < -0.4 is 20.1 Å². The van der Waals surface area contributed by atoms with Gasteiger partial charge in [-0.25, -0.2) is 4.98 Å². The average molecular weight is 571 g/mol. The molecule has 0 aliphatic rings. The topological polar surface area (TPSA) is 72.7 Å². The number of aryl methyl sites for hydroxylation is 2. The van der Waals surface area contributed by atoms with E-state index in [4.69, 9.17) is 4.74 Å². The van der Waals surface area contributed by atoms with E-state index < -0.39 is 6.61 Å². The Balaban J connectivity index is 0.00000385. The molecule has 0 bridgehead atoms. The fourth-order valence-corrected chi connectivity index (χ4v) is 3.20. The van der Waals surface area contributed by atoms with E-state index in [9.17, 15) is 8.78 Å². The number of ether oxygens (including phenoxy) is 2. The second kappa shape index (κ2) is 13.6. The maximum Gasteiger partial charge on any atom is 0.387 e. The summed E-state index contributed by atoms with van der Waals surface area (Å²) in [4.78, 5) is 8.62. The predicted molar refractivity (Wildman–Crippen MR) is 134 cm³/mol. The van der Waals surface area contributed by atoms with Crippen molar-refractivity contribution in [1.29, 1.82) is 0 Å². The molecular weight excluding hydrogens is 543 g/mol. The molecule has 0 aliphatic heterocycles. The number of nitrogens with one attached hydrogen (secondary N) is 2. The molecule has 3 aromatic rings. The van der Waals surface area contributed by atoms with Crippen molar-refractivity contribution in [2.24, 2.45) is 4.99 Å². The van der Waals surface area contributed by atoms with E-state index in [1.54, 1.807) is 25.4 Å². The Bertz CT molecular complexity index is 1020. The Hall–Kier alpha value is -2.89. The molecule has 7 nitrogen and oxygen atoms in total. The third-order valence-electron chi connectivity index (χ3n) is 4.85. The molecular formula is C23H28F2IN5O2. The van der Waals surface area contributed by atoms with Gasteiger partial charge in [-0.05, 0) is 30.2 Å². The third-order valence-corrected chi connectivity index (χ3v) is 4.85. The van der Waals surface area contributed by atoms with Gasteiger partial charge >= 0.3 is 6.61 Å². The number of guanidine groups is 1. The molecule has 0 radical (unpaired) electrons. The molecule has 33 heavy (non-hydrogen) atoms. The van der Waals surface area contributed by atoms with Crippen molar-refractivity contribution >= 4 is 29.9 Å². The quantitative estimate of drug-likeness (QED) is 0.217. The summed E-state index contributed by atoms with van der Waals surface area (Å²) >= 11 is 0. The Morgan fingerprint density at radius 3 is 2.58 bits per heavy atom. The van der Waals surface area contributed by atoms with E-state index in [2.05, 4.69) is 42.0 Å². The minimum atomic E-state index is -2.91. The molecule has 0 fully saturated rings. The molecule has 2 N–H and O–H groups in total. The number of methoxy groups -OCH3 is 1. The molecule has 0 amide bonds. The lowest BCUT2D eigenvalue weighted by atomic mass is 10.1. The van der Waals surface area contributed by atoms with Crippen molar-refractivity contribution in [2.75, 3.05) is 14.2 Å². The van der Waals surface area contributed by atoms with Crippen LogP contribution in [0.2, 0.25) is 0 Å². The van der Waals surface area contributed by atoms with Crippen LogP contribution >= 0.6 is 24.0 Å². The normalized spacial score (nSPS) is 11.1. The molecule has 3 rings (SSSR count). The number of alkyl halides is 2. The lowest BCUT2D eigenvalue weighted by molar-refractivity contribution is -0.0505. The van der Waals surface area contributed by atoms with Crippen LogP contribution in [0.25, 0.3) is 0 Å². The molecule has 1 aromatic heterocycles. The van der Waals surface area contributed by atoms with Gasteiger partial charge in [-0.1, -0.05) is 30.3 Å². The molecule has 0 spiro atoms. The van der Waals surface area contributed by atoms with Crippen LogP contribution in [0.1, 0.15) is 17.0 Å². The first kappa shape index (κ1) is 26.4. The maximum absolute atomic E-state index is 12.7. The Morgan fingerprint density at radius 1 is 1.12 bits per heavy atom. The number of hydrogen-bond acceptors (Lipinski definition) is 4. The minimum absolute atomic E-state index is 0. The lowest BCUT2D eigenvalue weighted by Gasteiger charge is -2.16. The summed E-state index contributed by atoms with van der Waals surface area (Å²) in [6, 6.07) is 14.9. The molecule has 178 valence electrons. The molecule has 0 atom stereocenters. The maximum atomic E-state index is 12.7. The summed E-state index contributed by atoms with van der Waals surface area (Å²) in [5.74, 6) is 2.01. The first-order chi connectivity index (χ1) is 15.6. The highest BCUT2D eigenvalue weighted by Crippen LogP contribution is 2.25. The van der Waals surface area contributed by atoms with E-state index in [1.165, 1.54) is 18.7 Å².